The van der Waals surface area contributed by atoms with E-state index in [-0.39, 0.29) is 40.3 Å². The Balaban J connectivity index is 1.40. The summed E-state index contributed by atoms with van der Waals surface area (Å²) in [6, 6.07) is 6.84. The molecule has 2 atom stereocenters. The van der Waals surface area contributed by atoms with Gasteiger partial charge in [0.2, 0.25) is 0 Å². The largest absolute Gasteiger partial charge is 0.495 e. The quantitative estimate of drug-likeness (QED) is 0.355. The van der Waals surface area contributed by atoms with Gasteiger partial charge in [-0.15, -0.1) is 0 Å². The molecule has 1 aliphatic carbocycles. The molecule has 3 aliphatic rings. The minimum absolute atomic E-state index is 0.00460. The number of hydrogen-bond acceptors (Lipinski definition) is 7. The highest BCUT2D eigenvalue weighted by atomic mass is 19.4. The first kappa shape index (κ1) is 32.0. The first-order valence-electron chi connectivity index (χ1n) is 14.6. The number of aliphatic imine (C=N–C) groups is 1. The van der Waals surface area contributed by atoms with Crippen molar-refractivity contribution in [2.45, 2.75) is 63.6 Å². The van der Waals surface area contributed by atoms with Gasteiger partial charge >= 0.3 is 6.18 Å². The van der Waals surface area contributed by atoms with E-state index in [1.54, 1.807) is 26.1 Å². The Bertz CT molecular complexity index is 1560. The summed E-state index contributed by atoms with van der Waals surface area (Å²) < 4.78 is 69.1. The van der Waals surface area contributed by atoms with Gasteiger partial charge in [0.05, 0.1) is 30.0 Å². The summed E-state index contributed by atoms with van der Waals surface area (Å²) in [5.41, 5.74) is -0.480. The van der Waals surface area contributed by atoms with E-state index in [9.17, 15) is 27.9 Å². The summed E-state index contributed by atoms with van der Waals surface area (Å²) in [6.45, 7) is 2.02. The number of hydrogen-bond donors (Lipinski definition) is 3. The molecule has 0 radical (unpaired) electrons. The molecule has 0 aromatic heterocycles. The van der Waals surface area contributed by atoms with Crippen LogP contribution < -0.4 is 20.1 Å². The maximum absolute atomic E-state index is 15.2. The SMILES string of the molecule is COc1cc(C(=O)NC2CCC(O)CC2)c(F)cc1NC1\N=C/C(C(F)(F)F)=C(Oc2cccc3c2C(=O)N(C)C3)\C=C\C1C. The number of ether oxygens (including phenoxy) is 2. The van der Waals surface area contributed by atoms with Crippen molar-refractivity contribution >= 4 is 23.7 Å². The molecule has 1 saturated carbocycles. The number of anilines is 1. The number of amides is 2. The second-order valence-corrected chi connectivity index (χ2v) is 11.4. The number of carbonyl (C=O) groups is 2. The third kappa shape index (κ3) is 6.98. The van der Waals surface area contributed by atoms with Crippen molar-refractivity contribution in [2.75, 3.05) is 19.5 Å². The predicted octanol–water partition coefficient (Wildman–Crippen LogP) is 5.36. The van der Waals surface area contributed by atoms with E-state index in [2.05, 4.69) is 15.6 Å². The van der Waals surface area contributed by atoms with E-state index < -0.39 is 47.4 Å². The van der Waals surface area contributed by atoms with Gasteiger partial charge in [0.15, 0.2) is 0 Å². The molecule has 45 heavy (non-hydrogen) atoms. The van der Waals surface area contributed by atoms with E-state index in [1.165, 1.54) is 36.3 Å². The number of halogens is 4. The molecular formula is C32H34F4N4O5. The maximum Gasteiger partial charge on any atom is 0.421 e. The Morgan fingerprint density at radius 2 is 1.87 bits per heavy atom. The lowest BCUT2D eigenvalue weighted by molar-refractivity contribution is -0.0875. The summed E-state index contributed by atoms with van der Waals surface area (Å²) in [7, 11) is 2.92. The molecule has 2 amide bonds. The van der Waals surface area contributed by atoms with Crippen molar-refractivity contribution < 1.29 is 41.7 Å². The summed E-state index contributed by atoms with van der Waals surface area (Å²) >= 11 is 0. The van der Waals surface area contributed by atoms with Gasteiger partial charge < -0.3 is 30.1 Å². The van der Waals surface area contributed by atoms with Crippen molar-refractivity contribution in [1.29, 1.82) is 0 Å². The molecule has 1 fully saturated rings. The first-order chi connectivity index (χ1) is 21.3. The van der Waals surface area contributed by atoms with Crippen molar-refractivity contribution in [2.24, 2.45) is 10.9 Å². The number of carbonyl (C=O) groups excluding carboxylic acids is 2. The molecule has 13 heteroatoms. The van der Waals surface area contributed by atoms with Gasteiger partial charge in [-0.05, 0) is 49.5 Å². The highest BCUT2D eigenvalue weighted by molar-refractivity contribution is 6.01. The van der Waals surface area contributed by atoms with Crippen LogP contribution >= 0.6 is 0 Å². The van der Waals surface area contributed by atoms with E-state index in [1.807, 2.05) is 0 Å². The summed E-state index contributed by atoms with van der Waals surface area (Å²) in [5, 5.41) is 15.4. The van der Waals surface area contributed by atoms with Crippen LogP contribution in [0.1, 0.15) is 58.9 Å². The maximum atomic E-state index is 15.2. The topological polar surface area (TPSA) is 112 Å². The Morgan fingerprint density at radius 3 is 2.56 bits per heavy atom. The molecular weight excluding hydrogens is 596 g/mol. The lowest BCUT2D eigenvalue weighted by Gasteiger charge is -2.26. The predicted molar refractivity (Wildman–Crippen MR) is 159 cm³/mol. The van der Waals surface area contributed by atoms with Crippen LogP contribution in [0.25, 0.3) is 0 Å². The Labute approximate surface area is 257 Å². The third-order valence-corrected chi connectivity index (χ3v) is 8.15. The minimum atomic E-state index is -4.86. The number of benzene rings is 2. The lowest BCUT2D eigenvalue weighted by Crippen LogP contribution is -2.39. The molecule has 2 unspecified atom stereocenters. The van der Waals surface area contributed by atoms with Crippen molar-refractivity contribution in [1.82, 2.24) is 10.2 Å². The number of rotatable bonds is 7. The highest BCUT2D eigenvalue weighted by Crippen LogP contribution is 2.36. The molecule has 0 saturated heterocycles. The first-order valence-corrected chi connectivity index (χ1v) is 14.6. The van der Waals surface area contributed by atoms with Crippen LogP contribution in [0.3, 0.4) is 0 Å². The van der Waals surface area contributed by atoms with Crippen LogP contribution in [0.2, 0.25) is 0 Å². The van der Waals surface area contributed by atoms with E-state index in [4.69, 9.17) is 9.47 Å². The lowest BCUT2D eigenvalue weighted by atomic mass is 9.93. The molecule has 0 bridgehead atoms. The fourth-order valence-electron chi connectivity index (χ4n) is 5.58. The number of aliphatic hydroxyl groups is 1. The van der Waals surface area contributed by atoms with Crippen LogP contribution in [-0.2, 0) is 6.54 Å². The molecule has 3 N–H and O–H groups in total. The standard InChI is InChI=1S/C32H34F4N4O5/c1-17-7-12-25(45-26-6-4-5-18-16-40(2)31(43)28(18)26)22(32(34,35)36)15-37-29(17)39-24-14-23(33)21(13-27(24)44-3)30(42)38-19-8-10-20(41)11-9-19/h4-7,12-15,17,19-20,29,39,41H,8-11,16H2,1-3H3,(H,38,42)/b12-7+,25-22-,37-15-. The molecule has 2 aromatic carbocycles. The van der Waals surface area contributed by atoms with Gasteiger partial charge in [0.1, 0.15) is 34.8 Å². The van der Waals surface area contributed by atoms with Gasteiger partial charge in [0, 0.05) is 37.8 Å². The second kappa shape index (κ2) is 12.9. The van der Waals surface area contributed by atoms with Crippen LogP contribution in [0.4, 0.5) is 23.2 Å². The van der Waals surface area contributed by atoms with E-state index in [0.29, 0.717) is 44.0 Å². The second-order valence-electron chi connectivity index (χ2n) is 11.4. The number of fused-ring (bicyclic) bond motifs is 1. The molecule has 2 aromatic rings. The van der Waals surface area contributed by atoms with Crippen LogP contribution in [0.5, 0.6) is 11.5 Å². The Hall–Kier alpha value is -4.39. The van der Waals surface area contributed by atoms with Crippen LogP contribution in [0.15, 0.2) is 58.8 Å². The smallest absolute Gasteiger partial charge is 0.421 e. The van der Waals surface area contributed by atoms with Gasteiger partial charge in [0.25, 0.3) is 11.8 Å². The number of methoxy groups -OCH3 is 1. The number of allylic oxidation sites excluding steroid dienone is 2. The van der Waals surface area contributed by atoms with Gasteiger partial charge in [-0.2, -0.15) is 13.2 Å². The number of nitrogens with one attached hydrogen (secondary N) is 2. The zero-order valence-corrected chi connectivity index (χ0v) is 25.0. The van der Waals surface area contributed by atoms with Crippen LogP contribution in [0, 0.1) is 11.7 Å². The van der Waals surface area contributed by atoms with Crippen LogP contribution in [-0.4, -0.2) is 66.7 Å². The van der Waals surface area contributed by atoms with Crippen molar-refractivity contribution in [3.63, 3.8) is 0 Å². The van der Waals surface area contributed by atoms with Gasteiger partial charge in [-0.3, -0.25) is 14.6 Å². The van der Waals surface area contributed by atoms with Gasteiger partial charge in [-0.25, -0.2) is 4.39 Å². The zero-order valence-electron chi connectivity index (χ0n) is 25.0. The summed E-state index contributed by atoms with van der Waals surface area (Å²) in [4.78, 5) is 31.1. The highest BCUT2D eigenvalue weighted by Gasteiger charge is 2.38. The minimum Gasteiger partial charge on any atom is -0.495 e. The molecule has 0 spiro atoms. The van der Waals surface area contributed by atoms with Crippen molar-refractivity contribution in [3.05, 3.63) is 76.3 Å². The number of aliphatic hydroxyl groups excluding tert-OH is 1. The monoisotopic (exact) mass is 630 g/mol. The molecule has 2 heterocycles. The van der Waals surface area contributed by atoms with E-state index >= 15 is 4.39 Å². The molecule has 2 aliphatic heterocycles. The summed E-state index contributed by atoms with van der Waals surface area (Å²) in [5.74, 6) is -2.80. The molecule has 5 rings (SSSR count). The van der Waals surface area contributed by atoms with Gasteiger partial charge in [-0.1, -0.05) is 25.1 Å². The average molecular weight is 631 g/mol. The zero-order chi connectivity index (χ0) is 32.5. The normalized spacial score (nSPS) is 26.4. The van der Waals surface area contributed by atoms with Crippen molar-refractivity contribution in [3.8, 4) is 11.5 Å². The fourth-order valence-corrected chi connectivity index (χ4v) is 5.58. The molecule has 9 nitrogen and oxygen atoms in total. The number of nitrogens with zero attached hydrogens (tertiary/aromatic N) is 2. The average Bonchev–Trinajstić information content (AvgIpc) is 3.28. The summed E-state index contributed by atoms with van der Waals surface area (Å²) in [6.07, 6.45) is -0.731. The number of alkyl halides is 3. The Morgan fingerprint density at radius 1 is 1.13 bits per heavy atom. The molecule has 240 valence electrons. The fraction of sp³-hybridized carbons (Fsp3) is 0.406. The Kier molecular flexibility index (Phi) is 9.19. The van der Waals surface area contributed by atoms with E-state index in [0.717, 1.165) is 6.07 Å². The third-order valence-electron chi connectivity index (χ3n) is 8.15.